The van der Waals surface area contributed by atoms with E-state index in [1.807, 2.05) is 0 Å². The molecule has 1 heterocycles. The molecule has 0 saturated carbocycles. The van der Waals surface area contributed by atoms with E-state index in [0.29, 0.717) is 5.01 Å². The second-order valence-corrected chi connectivity index (χ2v) is 6.27. The van der Waals surface area contributed by atoms with Gasteiger partial charge in [-0.1, -0.05) is 39.0 Å². The van der Waals surface area contributed by atoms with Crippen molar-refractivity contribution in [1.29, 1.82) is 0 Å². The minimum Gasteiger partial charge on any atom is -0.368 e. The number of aliphatic hydroxyl groups is 1. The van der Waals surface area contributed by atoms with Crippen molar-refractivity contribution in [2.24, 2.45) is 10.5 Å². The van der Waals surface area contributed by atoms with Gasteiger partial charge in [-0.3, -0.25) is 4.79 Å². The van der Waals surface area contributed by atoms with E-state index < -0.39 is 35.4 Å². The molecule has 0 aromatic heterocycles. The van der Waals surface area contributed by atoms with Crippen LogP contribution < -0.4 is 0 Å². The summed E-state index contributed by atoms with van der Waals surface area (Å²) in [7, 11) is 0. The second kappa shape index (κ2) is 5.08. The van der Waals surface area contributed by atoms with Gasteiger partial charge in [0.05, 0.1) is 0 Å². The monoisotopic (exact) mass is 314 g/mol. The number of hydrazone groups is 1. The number of carbonyl (C=O) groups excluding carboxylic acids is 1. The van der Waals surface area contributed by atoms with Crippen molar-refractivity contribution in [3.8, 4) is 0 Å². The van der Waals surface area contributed by atoms with Crippen LogP contribution in [0.2, 0.25) is 0 Å². The fourth-order valence-corrected chi connectivity index (χ4v) is 2.20. The summed E-state index contributed by atoms with van der Waals surface area (Å²) in [4.78, 5) is 12.5. The Morgan fingerprint density at radius 3 is 2.23 bits per heavy atom. The first-order chi connectivity index (χ1) is 9.97. The van der Waals surface area contributed by atoms with Gasteiger partial charge in [-0.15, -0.1) is 0 Å². The SMILES string of the molecule is CC(C)(C)[C@@]1(O)CC(C(F)(F)F)=NN1C(=O)c1ccccc1. The molecule has 0 unspecified atom stereocenters. The molecule has 1 aromatic rings. The third kappa shape index (κ3) is 2.72. The van der Waals surface area contributed by atoms with E-state index in [0.717, 1.165) is 0 Å². The van der Waals surface area contributed by atoms with Gasteiger partial charge in [0.15, 0.2) is 5.72 Å². The molecule has 7 heteroatoms. The van der Waals surface area contributed by atoms with Crippen LogP contribution in [0.25, 0.3) is 0 Å². The Bertz CT molecular complexity index is 605. The predicted molar refractivity (Wildman–Crippen MR) is 75.1 cm³/mol. The van der Waals surface area contributed by atoms with E-state index in [1.54, 1.807) is 39.0 Å². The summed E-state index contributed by atoms with van der Waals surface area (Å²) in [5.74, 6) is -0.766. The lowest BCUT2D eigenvalue weighted by atomic mass is 9.80. The van der Waals surface area contributed by atoms with Crippen LogP contribution in [0.4, 0.5) is 13.2 Å². The number of halogens is 3. The standard InChI is InChI=1S/C15H17F3N2O2/c1-13(2,3)14(22)9-11(15(16,17)18)19-20(14)12(21)10-7-5-4-6-8-10/h4-8,22H,9H2,1-3H3/t14-/m0/s1. The summed E-state index contributed by atoms with van der Waals surface area (Å²) >= 11 is 0. The third-order valence-electron chi connectivity index (χ3n) is 3.73. The van der Waals surface area contributed by atoms with Crippen molar-refractivity contribution < 1.29 is 23.1 Å². The minimum absolute atomic E-state index is 0.164. The van der Waals surface area contributed by atoms with Crippen LogP contribution in [0.1, 0.15) is 37.6 Å². The smallest absolute Gasteiger partial charge is 0.368 e. The maximum Gasteiger partial charge on any atom is 0.431 e. The first-order valence-corrected chi connectivity index (χ1v) is 6.73. The lowest BCUT2D eigenvalue weighted by molar-refractivity contribution is -0.144. The highest BCUT2D eigenvalue weighted by molar-refractivity contribution is 5.99. The predicted octanol–water partition coefficient (Wildman–Crippen LogP) is 3.19. The fourth-order valence-electron chi connectivity index (χ4n) is 2.20. The van der Waals surface area contributed by atoms with Gasteiger partial charge in [-0.2, -0.15) is 23.3 Å². The number of nitrogens with zero attached hydrogens (tertiary/aromatic N) is 2. The summed E-state index contributed by atoms with van der Waals surface area (Å²) in [6.07, 6.45) is -5.44. The molecule has 120 valence electrons. The zero-order chi connectivity index (χ0) is 16.8. The van der Waals surface area contributed by atoms with Gasteiger partial charge in [-0.25, -0.2) is 0 Å². The lowest BCUT2D eigenvalue weighted by Gasteiger charge is -2.41. The molecule has 0 spiro atoms. The Kier molecular flexibility index (Phi) is 3.81. The number of benzene rings is 1. The first-order valence-electron chi connectivity index (χ1n) is 6.73. The average molecular weight is 314 g/mol. The van der Waals surface area contributed by atoms with E-state index in [2.05, 4.69) is 5.10 Å². The van der Waals surface area contributed by atoms with Crippen molar-refractivity contribution in [2.45, 2.75) is 39.1 Å². The van der Waals surface area contributed by atoms with Crippen LogP contribution in [0.3, 0.4) is 0 Å². The molecular formula is C15H17F3N2O2. The summed E-state index contributed by atoms with van der Waals surface area (Å²) in [5, 5.41) is 14.7. The average Bonchev–Trinajstić information content (AvgIpc) is 2.78. The molecule has 1 amide bonds. The highest BCUT2D eigenvalue weighted by Crippen LogP contribution is 2.43. The van der Waals surface area contributed by atoms with Crippen LogP contribution >= 0.6 is 0 Å². The zero-order valence-electron chi connectivity index (χ0n) is 12.5. The summed E-state index contributed by atoms with van der Waals surface area (Å²) in [6.45, 7) is 4.69. The molecular weight excluding hydrogens is 297 g/mol. The molecule has 0 radical (unpaired) electrons. The Morgan fingerprint density at radius 2 is 1.77 bits per heavy atom. The van der Waals surface area contributed by atoms with Gasteiger partial charge in [0, 0.05) is 17.4 Å². The van der Waals surface area contributed by atoms with Crippen molar-refractivity contribution >= 4 is 11.6 Å². The van der Waals surface area contributed by atoms with Crippen molar-refractivity contribution in [3.05, 3.63) is 35.9 Å². The van der Waals surface area contributed by atoms with Gasteiger partial charge in [0.25, 0.3) is 5.91 Å². The number of alkyl halides is 3. The molecule has 1 N–H and O–H groups in total. The fraction of sp³-hybridized carbons (Fsp3) is 0.467. The molecule has 0 bridgehead atoms. The molecule has 0 saturated heterocycles. The van der Waals surface area contributed by atoms with Crippen LogP contribution in [0.5, 0.6) is 0 Å². The third-order valence-corrected chi connectivity index (χ3v) is 3.73. The van der Waals surface area contributed by atoms with Gasteiger partial charge in [0.1, 0.15) is 5.71 Å². The van der Waals surface area contributed by atoms with Crippen LogP contribution in [-0.2, 0) is 0 Å². The second-order valence-electron chi connectivity index (χ2n) is 6.27. The quantitative estimate of drug-likeness (QED) is 0.865. The number of amides is 1. The maximum atomic E-state index is 13.0. The largest absolute Gasteiger partial charge is 0.431 e. The van der Waals surface area contributed by atoms with E-state index in [9.17, 15) is 23.1 Å². The molecule has 4 nitrogen and oxygen atoms in total. The molecule has 1 aromatic carbocycles. The molecule has 1 aliphatic rings. The number of hydrogen-bond donors (Lipinski definition) is 1. The topological polar surface area (TPSA) is 52.9 Å². The van der Waals surface area contributed by atoms with E-state index in [1.165, 1.54) is 12.1 Å². The highest BCUT2D eigenvalue weighted by atomic mass is 19.4. The zero-order valence-corrected chi connectivity index (χ0v) is 12.5. The van der Waals surface area contributed by atoms with E-state index in [-0.39, 0.29) is 5.56 Å². The van der Waals surface area contributed by atoms with Gasteiger partial charge in [-0.05, 0) is 12.1 Å². The normalized spacial score (nSPS) is 22.7. The lowest BCUT2D eigenvalue weighted by Crippen LogP contribution is -2.55. The Labute approximate surface area is 126 Å². The number of carbonyl (C=O) groups is 1. The van der Waals surface area contributed by atoms with Gasteiger partial charge < -0.3 is 5.11 Å². The molecule has 0 fully saturated rings. The molecule has 22 heavy (non-hydrogen) atoms. The first kappa shape index (κ1) is 16.5. The molecule has 0 aliphatic carbocycles. The van der Waals surface area contributed by atoms with Crippen LogP contribution in [0, 0.1) is 5.41 Å². The van der Waals surface area contributed by atoms with Gasteiger partial charge in [0.2, 0.25) is 0 Å². The minimum atomic E-state index is -4.69. The summed E-state index contributed by atoms with van der Waals surface area (Å²) in [5.41, 5.74) is -4.04. The Morgan fingerprint density at radius 1 is 1.23 bits per heavy atom. The van der Waals surface area contributed by atoms with Crippen molar-refractivity contribution in [1.82, 2.24) is 5.01 Å². The van der Waals surface area contributed by atoms with Crippen molar-refractivity contribution in [3.63, 3.8) is 0 Å². The summed E-state index contributed by atoms with van der Waals surface area (Å²) < 4.78 is 38.9. The molecule has 2 rings (SSSR count). The van der Waals surface area contributed by atoms with Crippen LogP contribution in [0.15, 0.2) is 35.4 Å². The maximum absolute atomic E-state index is 13.0. The molecule has 1 atom stereocenters. The number of hydrogen-bond acceptors (Lipinski definition) is 3. The van der Waals surface area contributed by atoms with Crippen LogP contribution in [-0.4, -0.2) is 33.6 Å². The van der Waals surface area contributed by atoms with Gasteiger partial charge >= 0.3 is 6.18 Å². The Balaban J connectivity index is 2.48. The Hall–Kier alpha value is -1.89. The number of rotatable bonds is 1. The molecule has 1 aliphatic heterocycles. The van der Waals surface area contributed by atoms with E-state index >= 15 is 0 Å². The summed E-state index contributed by atoms with van der Waals surface area (Å²) in [6, 6.07) is 7.79. The van der Waals surface area contributed by atoms with Crippen molar-refractivity contribution in [2.75, 3.05) is 0 Å². The van der Waals surface area contributed by atoms with E-state index in [4.69, 9.17) is 0 Å². The highest BCUT2D eigenvalue weighted by Gasteiger charge is 2.57.